The van der Waals surface area contributed by atoms with Gasteiger partial charge in [-0.25, -0.2) is 9.78 Å². The molecule has 2 aliphatic rings. The smallest absolute Gasteiger partial charge is 0.325 e. The second-order valence-corrected chi connectivity index (χ2v) is 9.28. The van der Waals surface area contributed by atoms with E-state index in [1.165, 1.54) is 16.2 Å². The lowest BCUT2D eigenvalue weighted by Crippen LogP contribution is -2.44. The molecule has 9 nitrogen and oxygen atoms in total. The van der Waals surface area contributed by atoms with Crippen LogP contribution >= 0.6 is 11.3 Å². The Morgan fingerprint density at radius 1 is 1.24 bits per heavy atom. The Labute approximate surface area is 193 Å². The number of likely N-dealkylation sites (N-methyl/N-ethyl adjacent to an activating group) is 1. The van der Waals surface area contributed by atoms with Gasteiger partial charge in [-0.1, -0.05) is 18.2 Å². The van der Waals surface area contributed by atoms with Gasteiger partial charge in [-0.05, 0) is 43.7 Å². The number of imide groups is 1. The van der Waals surface area contributed by atoms with Crippen molar-refractivity contribution in [3.8, 4) is 11.5 Å². The fourth-order valence-corrected chi connectivity index (χ4v) is 5.00. The molecule has 5 rings (SSSR count). The molecule has 10 heteroatoms. The normalized spacial score (nSPS) is 20.3. The fourth-order valence-electron chi connectivity index (χ4n) is 3.94. The average Bonchev–Trinajstić information content (AvgIpc) is 3.51. The predicted octanol–water partition coefficient (Wildman–Crippen LogP) is 3.01. The summed E-state index contributed by atoms with van der Waals surface area (Å²) in [7, 11) is 1.65. The van der Waals surface area contributed by atoms with Gasteiger partial charge >= 0.3 is 6.03 Å². The topological polar surface area (TPSA) is 101 Å². The second kappa shape index (κ2) is 7.73. The number of para-hydroxylation sites is 1. The molecule has 33 heavy (non-hydrogen) atoms. The predicted molar refractivity (Wildman–Crippen MR) is 121 cm³/mol. The van der Waals surface area contributed by atoms with Crippen LogP contribution in [0.2, 0.25) is 0 Å². The van der Waals surface area contributed by atoms with Crippen molar-refractivity contribution in [1.82, 2.24) is 20.1 Å². The molecule has 3 aromatic rings. The summed E-state index contributed by atoms with van der Waals surface area (Å²) in [5.41, 5.74) is 0.116. The molecule has 170 valence electrons. The van der Waals surface area contributed by atoms with E-state index in [9.17, 15) is 14.4 Å². The van der Waals surface area contributed by atoms with E-state index in [4.69, 9.17) is 9.47 Å². The number of benzene rings is 2. The average molecular weight is 467 g/mol. The number of aromatic nitrogens is 1. The minimum absolute atomic E-state index is 0.107. The summed E-state index contributed by atoms with van der Waals surface area (Å²) < 4.78 is 11.7. The highest BCUT2D eigenvalue weighted by molar-refractivity contribution is 7.18. The number of carbonyl (C=O) groups is 3. The number of nitrogens with one attached hydrogen (secondary N) is 1. The van der Waals surface area contributed by atoms with Gasteiger partial charge in [0.05, 0.1) is 16.3 Å². The van der Waals surface area contributed by atoms with Gasteiger partial charge in [0, 0.05) is 7.05 Å². The van der Waals surface area contributed by atoms with Gasteiger partial charge in [0.15, 0.2) is 11.5 Å². The lowest BCUT2D eigenvalue weighted by atomic mass is 9.91. The number of hydrogen-bond donors (Lipinski definition) is 1. The van der Waals surface area contributed by atoms with E-state index in [0.29, 0.717) is 17.1 Å². The van der Waals surface area contributed by atoms with Gasteiger partial charge in [0.2, 0.25) is 12.7 Å². The van der Waals surface area contributed by atoms with Crippen LogP contribution in [-0.2, 0) is 15.1 Å². The quantitative estimate of drug-likeness (QED) is 0.580. The van der Waals surface area contributed by atoms with Gasteiger partial charge < -0.3 is 19.7 Å². The molecule has 1 fully saturated rings. The summed E-state index contributed by atoms with van der Waals surface area (Å²) in [4.78, 5) is 46.0. The highest BCUT2D eigenvalue weighted by Gasteiger charge is 2.50. The molecular formula is C23H22N4O5S. The molecule has 0 bridgehead atoms. The minimum atomic E-state index is -1.31. The first kappa shape index (κ1) is 21.2. The van der Waals surface area contributed by atoms with Crippen LogP contribution in [-0.4, -0.2) is 53.0 Å². The number of amides is 4. The molecule has 2 aromatic carbocycles. The van der Waals surface area contributed by atoms with Crippen LogP contribution in [0.15, 0.2) is 42.5 Å². The van der Waals surface area contributed by atoms with Gasteiger partial charge in [0.1, 0.15) is 17.1 Å². The maximum atomic E-state index is 13.2. The Kier molecular flexibility index (Phi) is 4.97. The molecule has 0 radical (unpaired) electrons. The number of rotatable bonds is 5. The zero-order valence-corrected chi connectivity index (χ0v) is 19.1. The zero-order valence-electron chi connectivity index (χ0n) is 18.3. The van der Waals surface area contributed by atoms with E-state index in [0.717, 1.165) is 20.1 Å². The van der Waals surface area contributed by atoms with Crippen molar-refractivity contribution in [2.24, 2.45) is 0 Å². The van der Waals surface area contributed by atoms with Crippen molar-refractivity contribution in [2.45, 2.75) is 25.4 Å². The lowest BCUT2D eigenvalue weighted by molar-refractivity contribution is -0.139. The van der Waals surface area contributed by atoms with Gasteiger partial charge in [-0.3, -0.25) is 14.5 Å². The number of nitrogens with zero attached hydrogens (tertiary/aromatic N) is 3. The summed E-state index contributed by atoms with van der Waals surface area (Å²) in [6.45, 7) is 3.23. The molecule has 0 saturated carbocycles. The van der Waals surface area contributed by atoms with Gasteiger partial charge in [-0.2, -0.15) is 0 Å². The highest BCUT2D eigenvalue weighted by atomic mass is 32.1. The standard InChI is InChI=1S/C23H22N4O5S/c1-13(20-24-15-6-4-5-7-18(15)33-20)26(3)19(28)11-27-21(29)23(2,25-22(27)30)14-8-9-16-17(10-14)32-12-31-16/h4-10,13H,11-12H2,1-3H3,(H,25,30)/t13-,23+/m1/s1. The summed E-state index contributed by atoms with van der Waals surface area (Å²) in [5.74, 6) is 0.229. The third kappa shape index (κ3) is 3.46. The number of urea groups is 1. The van der Waals surface area contributed by atoms with E-state index in [2.05, 4.69) is 10.3 Å². The Hall–Kier alpha value is -3.66. The Morgan fingerprint density at radius 3 is 2.79 bits per heavy atom. The third-order valence-electron chi connectivity index (χ3n) is 6.16. The van der Waals surface area contributed by atoms with Crippen molar-refractivity contribution in [3.63, 3.8) is 0 Å². The first-order valence-electron chi connectivity index (χ1n) is 10.4. The molecule has 2 aliphatic heterocycles. The fraction of sp³-hybridized carbons (Fsp3) is 0.304. The van der Waals surface area contributed by atoms with E-state index in [-0.39, 0.29) is 25.3 Å². The second-order valence-electron chi connectivity index (χ2n) is 8.21. The number of fused-ring (bicyclic) bond motifs is 2. The first-order valence-corrected chi connectivity index (χ1v) is 11.2. The summed E-state index contributed by atoms with van der Waals surface area (Å²) in [6, 6.07) is 11.9. The minimum Gasteiger partial charge on any atom is -0.454 e. The molecule has 0 aliphatic carbocycles. The Morgan fingerprint density at radius 2 is 2.00 bits per heavy atom. The monoisotopic (exact) mass is 466 g/mol. The van der Waals surface area contributed by atoms with Crippen molar-refractivity contribution >= 4 is 39.4 Å². The number of thiazole rings is 1. The molecular weight excluding hydrogens is 444 g/mol. The third-order valence-corrected chi connectivity index (χ3v) is 7.37. The molecule has 0 spiro atoms. The maximum absolute atomic E-state index is 13.2. The number of ether oxygens (including phenoxy) is 2. The number of hydrogen-bond acceptors (Lipinski definition) is 7. The van der Waals surface area contributed by atoms with Crippen LogP contribution in [0, 0.1) is 0 Å². The van der Waals surface area contributed by atoms with Crippen LogP contribution in [0.25, 0.3) is 10.2 Å². The Balaban J connectivity index is 1.32. The largest absolute Gasteiger partial charge is 0.454 e. The maximum Gasteiger partial charge on any atom is 0.325 e. The van der Waals surface area contributed by atoms with E-state index in [1.807, 2.05) is 31.2 Å². The first-order chi connectivity index (χ1) is 15.8. The van der Waals surface area contributed by atoms with Gasteiger partial charge in [0.25, 0.3) is 5.91 Å². The molecule has 0 unspecified atom stereocenters. The van der Waals surface area contributed by atoms with Crippen LogP contribution in [0.5, 0.6) is 11.5 Å². The van der Waals surface area contributed by atoms with E-state index in [1.54, 1.807) is 32.2 Å². The molecule has 1 saturated heterocycles. The summed E-state index contributed by atoms with van der Waals surface area (Å²) >= 11 is 1.51. The summed E-state index contributed by atoms with van der Waals surface area (Å²) in [6.07, 6.45) is 0. The van der Waals surface area contributed by atoms with Crippen molar-refractivity contribution < 1.29 is 23.9 Å². The van der Waals surface area contributed by atoms with Crippen LogP contribution in [0.1, 0.15) is 30.5 Å². The van der Waals surface area contributed by atoms with Crippen molar-refractivity contribution in [2.75, 3.05) is 20.4 Å². The molecule has 3 heterocycles. The SMILES string of the molecule is C[C@H](c1nc2ccccc2s1)N(C)C(=O)CN1C(=O)N[C@@](C)(c2ccc3c(c2)OCO3)C1=O. The van der Waals surface area contributed by atoms with Crippen LogP contribution < -0.4 is 14.8 Å². The zero-order chi connectivity index (χ0) is 23.3. The lowest BCUT2D eigenvalue weighted by Gasteiger charge is -2.26. The molecule has 1 N–H and O–H groups in total. The highest BCUT2D eigenvalue weighted by Crippen LogP contribution is 2.38. The van der Waals surface area contributed by atoms with Crippen LogP contribution in [0.3, 0.4) is 0 Å². The van der Waals surface area contributed by atoms with E-state index >= 15 is 0 Å². The van der Waals surface area contributed by atoms with Crippen molar-refractivity contribution in [1.29, 1.82) is 0 Å². The van der Waals surface area contributed by atoms with Crippen LogP contribution in [0.4, 0.5) is 4.79 Å². The summed E-state index contributed by atoms with van der Waals surface area (Å²) in [5, 5.41) is 3.51. The van der Waals surface area contributed by atoms with Crippen molar-refractivity contribution in [3.05, 3.63) is 53.0 Å². The Bertz CT molecular complexity index is 1260. The molecule has 4 amide bonds. The van der Waals surface area contributed by atoms with E-state index < -0.39 is 17.5 Å². The number of carbonyl (C=O) groups excluding carboxylic acids is 3. The molecule has 2 atom stereocenters. The van der Waals surface area contributed by atoms with Gasteiger partial charge in [-0.15, -0.1) is 11.3 Å². The molecule has 1 aromatic heterocycles.